The van der Waals surface area contributed by atoms with Gasteiger partial charge in [-0.15, -0.1) is 0 Å². The largest absolute Gasteiger partial charge is 0.482 e. The Balaban J connectivity index is 2.26. The molecule has 0 N–H and O–H groups in total. The van der Waals surface area contributed by atoms with E-state index in [1.54, 1.807) is 6.07 Å². The molecule has 2 aromatic carbocycles. The smallest absolute Gasteiger partial charge is 0.311 e. The van der Waals surface area contributed by atoms with Gasteiger partial charge in [-0.25, -0.2) is 0 Å². The van der Waals surface area contributed by atoms with E-state index in [1.807, 2.05) is 38.1 Å². The van der Waals surface area contributed by atoms with Gasteiger partial charge in [0.15, 0.2) is 5.75 Å². The second kappa shape index (κ2) is 6.72. The van der Waals surface area contributed by atoms with Gasteiger partial charge in [0.1, 0.15) is 6.61 Å². The van der Waals surface area contributed by atoms with E-state index < -0.39 is 4.92 Å². The first-order chi connectivity index (χ1) is 10.0. The molecule has 4 nitrogen and oxygen atoms in total. The normalized spacial score (nSPS) is 10.4. The van der Waals surface area contributed by atoms with Crippen LogP contribution in [0.25, 0.3) is 0 Å². The van der Waals surface area contributed by atoms with E-state index in [-0.39, 0.29) is 5.69 Å². The van der Waals surface area contributed by atoms with Crippen molar-refractivity contribution in [1.82, 2.24) is 0 Å². The molecule has 0 fully saturated rings. The number of nitrogens with zero attached hydrogens (tertiary/aromatic N) is 1. The van der Waals surface area contributed by atoms with Crippen molar-refractivity contribution in [1.29, 1.82) is 0 Å². The van der Waals surface area contributed by atoms with Crippen molar-refractivity contribution in [3.05, 3.63) is 68.8 Å². The lowest BCUT2D eigenvalue weighted by atomic mass is 10.0. The molecule has 0 aromatic heterocycles. The van der Waals surface area contributed by atoms with E-state index in [0.717, 1.165) is 22.3 Å². The van der Waals surface area contributed by atoms with Crippen LogP contribution in [0.3, 0.4) is 0 Å². The van der Waals surface area contributed by atoms with E-state index in [0.29, 0.717) is 17.7 Å². The summed E-state index contributed by atoms with van der Waals surface area (Å²) in [4.78, 5) is 10.7. The summed E-state index contributed by atoms with van der Waals surface area (Å²) in [6.07, 6.45) is 0. The van der Waals surface area contributed by atoms with Crippen LogP contribution in [-0.2, 0) is 11.9 Å². The molecule has 2 rings (SSSR count). The molecule has 0 aliphatic heterocycles. The number of alkyl halides is 1. The molecule has 0 spiro atoms. The molecule has 0 heterocycles. The number of rotatable bonds is 5. The molecule has 0 radical (unpaired) electrons. The Morgan fingerprint density at radius 2 is 1.86 bits per heavy atom. The van der Waals surface area contributed by atoms with Gasteiger partial charge >= 0.3 is 5.69 Å². The van der Waals surface area contributed by atoms with E-state index in [9.17, 15) is 10.1 Å². The number of nitro benzene ring substituents is 1. The van der Waals surface area contributed by atoms with Gasteiger partial charge in [-0.05, 0) is 42.2 Å². The molecule has 0 aliphatic rings. The molecule has 0 aliphatic carbocycles. The highest BCUT2D eigenvalue weighted by molar-refractivity contribution is 9.08. The minimum absolute atomic E-state index is 0.00168. The van der Waals surface area contributed by atoms with Gasteiger partial charge in [0.25, 0.3) is 0 Å². The summed E-state index contributed by atoms with van der Waals surface area (Å²) < 4.78 is 5.69. The summed E-state index contributed by atoms with van der Waals surface area (Å²) in [5, 5.41) is 11.7. The van der Waals surface area contributed by atoms with E-state index in [4.69, 9.17) is 4.74 Å². The molecule has 5 heteroatoms. The van der Waals surface area contributed by atoms with Crippen molar-refractivity contribution >= 4 is 21.6 Å². The molecule has 0 amide bonds. The van der Waals surface area contributed by atoms with Gasteiger partial charge < -0.3 is 4.74 Å². The maximum atomic E-state index is 11.1. The van der Waals surface area contributed by atoms with Crippen LogP contribution in [0.1, 0.15) is 22.3 Å². The van der Waals surface area contributed by atoms with Crippen LogP contribution in [-0.4, -0.2) is 4.92 Å². The Morgan fingerprint density at radius 1 is 1.19 bits per heavy atom. The second-order valence-corrected chi connectivity index (χ2v) is 5.41. The van der Waals surface area contributed by atoms with Crippen molar-refractivity contribution in [2.45, 2.75) is 25.8 Å². The number of hydrogen-bond donors (Lipinski definition) is 0. The summed E-state index contributed by atoms with van der Waals surface area (Å²) >= 11 is 3.30. The monoisotopic (exact) mass is 349 g/mol. The molecule has 0 saturated heterocycles. The summed E-state index contributed by atoms with van der Waals surface area (Å²) in [6.45, 7) is 4.34. The van der Waals surface area contributed by atoms with E-state index >= 15 is 0 Å². The number of ether oxygens (including phenoxy) is 1. The quantitative estimate of drug-likeness (QED) is 0.447. The predicted octanol–water partition coefficient (Wildman–Crippen LogP) is 4.69. The van der Waals surface area contributed by atoms with Gasteiger partial charge in [-0.3, -0.25) is 10.1 Å². The Kier molecular flexibility index (Phi) is 4.96. The summed E-state index contributed by atoms with van der Waals surface area (Å²) in [5.41, 5.74) is 4.15. The zero-order valence-electron chi connectivity index (χ0n) is 11.9. The average Bonchev–Trinajstić information content (AvgIpc) is 2.46. The predicted molar refractivity (Wildman–Crippen MR) is 86.0 cm³/mol. The van der Waals surface area contributed by atoms with Gasteiger partial charge in [-0.1, -0.05) is 40.2 Å². The minimum Gasteiger partial charge on any atom is -0.482 e. The number of nitro groups is 1. The van der Waals surface area contributed by atoms with Crippen LogP contribution in [0.2, 0.25) is 0 Å². The number of hydrogen-bond acceptors (Lipinski definition) is 3. The molecule has 0 bridgehead atoms. The number of halogens is 1. The minimum atomic E-state index is -0.411. The zero-order valence-corrected chi connectivity index (χ0v) is 13.5. The fraction of sp³-hybridized carbons (Fsp3) is 0.250. The highest BCUT2D eigenvalue weighted by atomic mass is 79.9. The van der Waals surface area contributed by atoms with Crippen LogP contribution in [0.5, 0.6) is 5.75 Å². The van der Waals surface area contributed by atoms with Crippen LogP contribution < -0.4 is 4.74 Å². The van der Waals surface area contributed by atoms with Crippen molar-refractivity contribution < 1.29 is 9.66 Å². The number of aryl methyl sites for hydroxylation is 2. The lowest BCUT2D eigenvalue weighted by Crippen LogP contribution is -2.03. The SMILES string of the molecule is Cc1cccc(C)c1COc1ccc(CBr)cc1[N+](=O)[O-]. The molecular formula is C16H16BrNO3. The summed E-state index contributed by atoms with van der Waals surface area (Å²) in [5.74, 6) is 0.298. The van der Waals surface area contributed by atoms with Crippen molar-refractivity contribution in [2.24, 2.45) is 0 Å². The third kappa shape index (κ3) is 3.61. The highest BCUT2D eigenvalue weighted by Crippen LogP contribution is 2.30. The Labute approximate surface area is 132 Å². The molecule has 0 atom stereocenters. The lowest BCUT2D eigenvalue weighted by Gasteiger charge is -2.12. The number of benzene rings is 2. The van der Waals surface area contributed by atoms with Crippen molar-refractivity contribution in [3.63, 3.8) is 0 Å². The fourth-order valence-corrected chi connectivity index (χ4v) is 2.49. The third-order valence-corrected chi connectivity index (χ3v) is 4.04. The second-order valence-electron chi connectivity index (χ2n) is 4.85. The first kappa shape index (κ1) is 15.5. The first-order valence-electron chi connectivity index (χ1n) is 6.54. The lowest BCUT2D eigenvalue weighted by molar-refractivity contribution is -0.386. The zero-order chi connectivity index (χ0) is 15.4. The van der Waals surface area contributed by atoms with Crippen LogP contribution in [0.15, 0.2) is 36.4 Å². The van der Waals surface area contributed by atoms with E-state index in [1.165, 1.54) is 6.07 Å². The maximum absolute atomic E-state index is 11.1. The molecule has 21 heavy (non-hydrogen) atoms. The fourth-order valence-electron chi connectivity index (χ4n) is 2.14. The van der Waals surface area contributed by atoms with Gasteiger partial charge in [0.05, 0.1) is 4.92 Å². The average molecular weight is 350 g/mol. The third-order valence-electron chi connectivity index (χ3n) is 3.39. The highest BCUT2D eigenvalue weighted by Gasteiger charge is 2.16. The standard InChI is InChI=1S/C16H16BrNO3/c1-11-4-3-5-12(2)14(11)10-21-16-7-6-13(9-17)8-15(16)18(19)20/h3-8H,9-10H2,1-2H3. The van der Waals surface area contributed by atoms with Crippen LogP contribution >= 0.6 is 15.9 Å². The molecule has 110 valence electrons. The first-order valence-corrected chi connectivity index (χ1v) is 7.66. The van der Waals surface area contributed by atoms with Gasteiger partial charge in [-0.2, -0.15) is 0 Å². The Hall–Kier alpha value is -1.88. The van der Waals surface area contributed by atoms with Crippen molar-refractivity contribution in [2.75, 3.05) is 0 Å². The van der Waals surface area contributed by atoms with Gasteiger partial charge in [0, 0.05) is 11.4 Å². The van der Waals surface area contributed by atoms with Crippen LogP contribution in [0.4, 0.5) is 5.69 Å². The van der Waals surface area contributed by atoms with Crippen LogP contribution in [0, 0.1) is 24.0 Å². The van der Waals surface area contributed by atoms with Gasteiger partial charge in [0.2, 0.25) is 0 Å². The van der Waals surface area contributed by atoms with E-state index in [2.05, 4.69) is 15.9 Å². The summed E-state index contributed by atoms with van der Waals surface area (Å²) in [6, 6.07) is 11.0. The maximum Gasteiger partial charge on any atom is 0.311 e. The molecule has 0 unspecified atom stereocenters. The Morgan fingerprint density at radius 3 is 2.43 bits per heavy atom. The summed E-state index contributed by atoms with van der Waals surface area (Å²) in [7, 11) is 0. The Bertz CT molecular complexity index is 650. The molecule has 0 saturated carbocycles. The molecular weight excluding hydrogens is 334 g/mol. The molecule has 2 aromatic rings. The topological polar surface area (TPSA) is 52.4 Å². The van der Waals surface area contributed by atoms with Crippen molar-refractivity contribution in [3.8, 4) is 5.75 Å².